The Hall–Kier alpha value is -3.95. The van der Waals surface area contributed by atoms with Crippen LogP contribution in [0.3, 0.4) is 0 Å². The van der Waals surface area contributed by atoms with E-state index in [1.54, 1.807) is 53.3 Å². The topological polar surface area (TPSA) is 119 Å². The van der Waals surface area contributed by atoms with Gasteiger partial charge in [0.1, 0.15) is 5.69 Å². The second kappa shape index (κ2) is 8.29. The SMILES string of the molecule is CS(=O)(=O)c1ccccc1-c1cn(-c2cccc(N(O)C(N)=O)c2)nc1-c1ccccc1. The van der Waals surface area contributed by atoms with Crippen LogP contribution in [0.25, 0.3) is 28.1 Å². The molecule has 0 unspecified atom stereocenters. The number of hydrogen-bond donors (Lipinski definition) is 2. The second-order valence-electron chi connectivity index (χ2n) is 7.14. The molecular formula is C23H20N4O4S. The Kier molecular flexibility index (Phi) is 5.52. The molecule has 0 radical (unpaired) electrons. The zero-order valence-electron chi connectivity index (χ0n) is 17.1. The molecule has 162 valence electrons. The maximum atomic E-state index is 12.4. The van der Waals surface area contributed by atoms with Crippen LogP contribution in [0.1, 0.15) is 0 Å². The first-order valence-corrected chi connectivity index (χ1v) is 11.5. The smallest absolute Gasteiger partial charge is 0.343 e. The fraction of sp³-hybridized carbons (Fsp3) is 0.0435. The minimum Gasteiger partial charge on any atom is -0.349 e. The zero-order valence-corrected chi connectivity index (χ0v) is 17.9. The Bertz CT molecular complexity index is 1400. The van der Waals surface area contributed by atoms with Gasteiger partial charge in [0.2, 0.25) is 0 Å². The molecule has 1 heterocycles. The van der Waals surface area contributed by atoms with E-state index >= 15 is 0 Å². The van der Waals surface area contributed by atoms with Gasteiger partial charge in [-0.25, -0.2) is 17.9 Å². The van der Waals surface area contributed by atoms with E-state index in [4.69, 9.17) is 10.8 Å². The Morgan fingerprint density at radius 3 is 2.34 bits per heavy atom. The van der Waals surface area contributed by atoms with Crippen LogP contribution in [0.5, 0.6) is 0 Å². The number of nitrogens with two attached hydrogens (primary N) is 1. The number of carbonyl (C=O) groups is 1. The van der Waals surface area contributed by atoms with Gasteiger partial charge in [-0.05, 0) is 24.3 Å². The number of sulfone groups is 1. The fourth-order valence-electron chi connectivity index (χ4n) is 3.42. The van der Waals surface area contributed by atoms with Crippen LogP contribution in [0.2, 0.25) is 0 Å². The van der Waals surface area contributed by atoms with Crippen molar-refractivity contribution >= 4 is 21.6 Å². The quantitative estimate of drug-likeness (QED) is 0.355. The number of benzene rings is 3. The van der Waals surface area contributed by atoms with Crippen LogP contribution in [-0.2, 0) is 9.84 Å². The minimum atomic E-state index is -3.49. The predicted octanol–water partition coefficient (Wildman–Crippen LogP) is 3.88. The highest BCUT2D eigenvalue weighted by atomic mass is 32.2. The molecule has 0 aliphatic heterocycles. The van der Waals surface area contributed by atoms with Crippen LogP contribution in [0.4, 0.5) is 10.5 Å². The van der Waals surface area contributed by atoms with E-state index in [1.165, 1.54) is 12.3 Å². The predicted molar refractivity (Wildman–Crippen MR) is 121 cm³/mol. The van der Waals surface area contributed by atoms with E-state index in [0.29, 0.717) is 27.6 Å². The normalized spacial score (nSPS) is 11.3. The lowest BCUT2D eigenvalue weighted by Gasteiger charge is -2.12. The molecule has 3 aromatic carbocycles. The fourth-order valence-corrected chi connectivity index (χ4v) is 4.32. The first-order chi connectivity index (χ1) is 15.3. The number of primary amides is 1. The summed E-state index contributed by atoms with van der Waals surface area (Å²) in [5.74, 6) is 0. The summed E-state index contributed by atoms with van der Waals surface area (Å²) in [6.07, 6.45) is 2.89. The number of amides is 2. The van der Waals surface area contributed by atoms with Gasteiger partial charge in [-0.2, -0.15) is 10.2 Å². The summed E-state index contributed by atoms with van der Waals surface area (Å²) < 4.78 is 26.4. The van der Waals surface area contributed by atoms with Crippen molar-refractivity contribution in [2.24, 2.45) is 5.73 Å². The molecule has 1 aromatic heterocycles. The summed E-state index contributed by atoms with van der Waals surface area (Å²) in [6, 6.07) is 21.6. The maximum absolute atomic E-state index is 12.4. The maximum Gasteiger partial charge on any atom is 0.343 e. The first kappa shape index (κ1) is 21.3. The van der Waals surface area contributed by atoms with E-state index < -0.39 is 15.9 Å². The Morgan fingerprint density at radius 2 is 1.66 bits per heavy atom. The highest BCUT2D eigenvalue weighted by Gasteiger charge is 2.21. The Balaban J connectivity index is 1.94. The minimum absolute atomic E-state index is 0.171. The number of aromatic nitrogens is 2. The van der Waals surface area contributed by atoms with Crippen molar-refractivity contribution in [3.05, 3.63) is 85.1 Å². The lowest BCUT2D eigenvalue weighted by atomic mass is 10.0. The van der Waals surface area contributed by atoms with Gasteiger partial charge < -0.3 is 5.73 Å². The van der Waals surface area contributed by atoms with Crippen molar-refractivity contribution in [3.8, 4) is 28.1 Å². The van der Waals surface area contributed by atoms with Gasteiger partial charge in [-0.15, -0.1) is 0 Å². The largest absolute Gasteiger partial charge is 0.349 e. The summed E-state index contributed by atoms with van der Waals surface area (Å²) in [5, 5.41) is 14.9. The number of anilines is 1. The van der Waals surface area contributed by atoms with Gasteiger partial charge in [0.25, 0.3) is 0 Å². The molecule has 8 nitrogen and oxygen atoms in total. The van der Waals surface area contributed by atoms with Crippen molar-refractivity contribution in [2.45, 2.75) is 4.90 Å². The highest BCUT2D eigenvalue weighted by molar-refractivity contribution is 7.90. The summed E-state index contributed by atoms with van der Waals surface area (Å²) in [5.41, 5.74) is 8.41. The number of hydroxylamine groups is 1. The standard InChI is InChI=1S/C23H20N4O4S/c1-32(30,31)21-13-6-5-12-19(21)20-15-26(25-22(20)16-8-3-2-4-9-16)17-10-7-11-18(14-17)27(29)23(24)28/h2-15,29H,1H3,(H2,24,28). The van der Waals surface area contributed by atoms with Crippen molar-refractivity contribution in [1.82, 2.24) is 9.78 Å². The lowest BCUT2D eigenvalue weighted by Crippen LogP contribution is -2.32. The van der Waals surface area contributed by atoms with Crippen molar-refractivity contribution < 1.29 is 18.4 Å². The van der Waals surface area contributed by atoms with E-state index in [9.17, 15) is 18.4 Å². The second-order valence-corrected chi connectivity index (χ2v) is 9.12. The van der Waals surface area contributed by atoms with Crippen LogP contribution >= 0.6 is 0 Å². The van der Waals surface area contributed by atoms with Gasteiger partial charge in [-0.1, -0.05) is 54.6 Å². The Morgan fingerprint density at radius 1 is 0.969 bits per heavy atom. The Labute approximate surface area is 185 Å². The van der Waals surface area contributed by atoms with E-state index in [1.807, 2.05) is 30.3 Å². The van der Waals surface area contributed by atoms with Gasteiger partial charge in [-0.3, -0.25) is 5.21 Å². The number of hydrogen-bond acceptors (Lipinski definition) is 5. The average molecular weight is 449 g/mol. The number of nitrogens with zero attached hydrogens (tertiary/aromatic N) is 3. The summed E-state index contributed by atoms with van der Waals surface area (Å²) in [6.45, 7) is 0. The van der Waals surface area contributed by atoms with Gasteiger partial charge in [0, 0.05) is 29.1 Å². The molecule has 0 atom stereocenters. The van der Waals surface area contributed by atoms with Crippen molar-refractivity contribution in [2.75, 3.05) is 11.3 Å². The van der Waals surface area contributed by atoms with E-state index in [2.05, 4.69) is 0 Å². The molecule has 2 amide bonds. The molecule has 0 fully saturated rings. The average Bonchev–Trinajstić information content (AvgIpc) is 3.24. The van der Waals surface area contributed by atoms with Crippen LogP contribution in [-0.4, -0.2) is 35.7 Å². The summed E-state index contributed by atoms with van der Waals surface area (Å²) in [4.78, 5) is 11.5. The molecule has 0 spiro atoms. The van der Waals surface area contributed by atoms with Crippen LogP contribution in [0.15, 0.2) is 90.0 Å². The monoisotopic (exact) mass is 448 g/mol. The third-order valence-corrected chi connectivity index (χ3v) is 6.04. The molecule has 4 aromatic rings. The number of carbonyl (C=O) groups excluding carboxylic acids is 1. The molecule has 0 saturated carbocycles. The number of urea groups is 1. The third kappa shape index (κ3) is 4.11. The first-order valence-electron chi connectivity index (χ1n) is 9.59. The molecular weight excluding hydrogens is 428 g/mol. The molecule has 0 bridgehead atoms. The molecule has 0 aliphatic rings. The van der Waals surface area contributed by atoms with Crippen LogP contribution < -0.4 is 10.8 Å². The molecule has 32 heavy (non-hydrogen) atoms. The molecule has 3 N–H and O–H groups in total. The van der Waals surface area contributed by atoms with Crippen LogP contribution in [0, 0.1) is 0 Å². The zero-order chi connectivity index (χ0) is 22.9. The third-order valence-electron chi connectivity index (χ3n) is 4.89. The molecule has 0 aliphatic carbocycles. The highest BCUT2D eigenvalue weighted by Crippen LogP contribution is 2.35. The van der Waals surface area contributed by atoms with E-state index in [-0.39, 0.29) is 10.6 Å². The van der Waals surface area contributed by atoms with Gasteiger partial charge >= 0.3 is 6.03 Å². The molecule has 0 saturated heterocycles. The number of rotatable bonds is 5. The van der Waals surface area contributed by atoms with Crippen molar-refractivity contribution in [3.63, 3.8) is 0 Å². The summed E-state index contributed by atoms with van der Waals surface area (Å²) in [7, 11) is -3.49. The molecule has 9 heteroatoms. The lowest BCUT2D eigenvalue weighted by molar-refractivity contribution is 0.212. The van der Waals surface area contributed by atoms with E-state index in [0.717, 1.165) is 5.56 Å². The summed E-state index contributed by atoms with van der Waals surface area (Å²) >= 11 is 0. The van der Waals surface area contributed by atoms with Crippen molar-refractivity contribution in [1.29, 1.82) is 0 Å². The van der Waals surface area contributed by atoms with Gasteiger partial charge in [0.05, 0.1) is 16.3 Å². The molecule has 4 rings (SSSR count). The van der Waals surface area contributed by atoms with Gasteiger partial charge in [0.15, 0.2) is 9.84 Å².